The number of methoxy groups -OCH3 is 1. The molecule has 132 valence electrons. The molecule has 1 aromatic heterocycles. The van der Waals surface area contributed by atoms with Gasteiger partial charge < -0.3 is 14.8 Å². The number of hydrogen-bond donors (Lipinski definition) is 1. The third-order valence-corrected chi connectivity index (χ3v) is 4.68. The second kappa shape index (κ2) is 7.04. The third-order valence-electron chi connectivity index (χ3n) is 4.68. The van der Waals surface area contributed by atoms with Crippen molar-refractivity contribution in [2.45, 2.75) is 25.5 Å². The van der Waals surface area contributed by atoms with Crippen LogP contribution < -0.4 is 10.1 Å². The number of benzene rings is 2. The van der Waals surface area contributed by atoms with Crippen LogP contribution in [0.3, 0.4) is 0 Å². The summed E-state index contributed by atoms with van der Waals surface area (Å²) in [4.78, 5) is 16.0. The van der Waals surface area contributed by atoms with E-state index in [1.54, 1.807) is 6.20 Å². The quantitative estimate of drug-likeness (QED) is 0.728. The molecule has 4 rings (SSSR count). The topological polar surface area (TPSA) is 60.5 Å². The fraction of sp³-hybridized carbons (Fsp3) is 0.238. The first-order chi connectivity index (χ1) is 12.7. The summed E-state index contributed by atoms with van der Waals surface area (Å²) in [6.07, 6.45) is 4.56. The summed E-state index contributed by atoms with van der Waals surface area (Å²) in [5, 5.41) is 5.72. The van der Waals surface area contributed by atoms with Gasteiger partial charge in [-0.05, 0) is 47.6 Å². The number of carbonyl (C=O) groups excluding carboxylic acids is 1. The largest absolute Gasteiger partial charge is 0.476 e. The fourth-order valence-electron chi connectivity index (χ4n) is 3.29. The molecule has 0 radical (unpaired) electrons. The van der Waals surface area contributed by atoms with Crippen LogP contribution in [0.5, 0.6) is 5.75 Å². The number of nitrogens with one attached hydrogen (secondary N) is 1. The highest BCUT2D eigenvalue weighted by Gasteiger charge is 2.28. The number of carbonyl (C=O) groups is 1. The van der Waals surface area contributed by atoms with E-state index in [1.807, 2.05) is 30.5 Å². The predicted octanol–water partition coefficient (Wildman–Crippen LogP) is 3.71. The van der Waals surface area contributed by atoms with E-state index in [9.17, 15) is 4.79 Å². The summed E-state index contributed by atoms with van der Waals surface area (Å²) in [7, 11) is 1.39. The lowest BCUT2D eigenvalue weighted by molar-refractivity contribution is -0.149. The number of aromatic nitrogens is 1. The zero-order valence-electron chi connectivity index (χ0n) is 14.6. The summed E-state index contributed by atoms with van der Waals surface area (Å²) < 4.78 is 10.8. The van der Waals surface area contributed by atoms with Crippen molar-refractivity contribution in [3.63, 3.8) is 0 Å². The Morgan fingerprint density at radius 3 is 3.08 bits per heavy atom. The Kier molecular flexibility index (Phi) is 4.44. The molecule has 0 fully saturated rings. The van der Waals surface area contributed by atoms with Gasteiger partial charge in [0.05, 0.1) is 12.8 Å². The van der Waals surface area contributed by atoms with Crippen molar-refractivity contribution in [1.82, 2.24) is 4.98 Å². The number of ether oxygens (including phenoxy) is 2. The van der Waals surface area contributed by atoms with Gasteiger partial charge in [0, 0.05) is 24.3 Å². The third kappa shape index (κ3) is 3.20. The number of anilines is 1. The molecule has 0 bridgehead atoms. The Labute approximate surface area is 152 Å². The van der Waals surface area contributed by atoms with Gasteiger partial charge in [0.25, 0.3) is 0 Å². The molecular weight excluding hydrogens is 328 g/mol. The fourth-order valence-corrected chi connectivity index (χ4v) is 3.29. The van der Waals surface area contributed by atoms with Crippen molar-refractivity contribution in [1.29, 1.82) is 0 Å². The maximum Gasteiger partial charge on any atom is 0.347 e. The zero-order chi connectivity index (χ0) is 17.9. The Morgan fingerprint density at radius 2 is 2.19 bits per heavy atom. The summed E-state index contributed by atoms with van der Waals surface area (Å²) in [5.74, 6) is 0.420. The van der Waals surface area contributed by atoms with Gasteiger partial charge in [-0.2, -0.15) is 0 Å². The second-order valence-corrected chi connectivity index (χ2v) is 6.37. The van der Waals surface area contributed by atoms with Crippen LogP contribution in [0.1, 0.15) is 17.5 Å². The summed E-state index contributed by atoms with van der Waals surface area (Å²) in [5.41, 5.74) is 3.16. The van der Waals surface area contributed by atoms with Crippen molar-refractivity contribution in [3.05, 3.63) is 66.0 Å². The molecule has 1 aliphatic heterocycles. The molecule has 2 heterocycles. The van der Waals surface area contributed by atoms with Gasteiger partial charge in [0.15, 0.2) is 6.10 Å². The van der Waals surface area contributed by atoms with E-state index in [1.165, 1.54) is 12.5 Å². The number of nitrogens with zero attached hydrogens (tertiary/aromatic N) is 1. The molecule has 1 aliphatic rings. The number of aryl methyl sites for hydroxylation is 1. The van der Waals surface area contributed by atoms with E-state index < -0.39 is 6.10 Å². The average molecular weight is 348 g/mol. The van der Waals surface area contributed by atoms with Crippen LogP contribution in [0, 0.1) is 0 Å². The van der Waals surface area contributed by atoms with Gasteiger partial charge >= 0.3 is 5.97 Å². The van der Waals surface area contributed by atoms with Crippen molar-refractivity contribution in [2.75, 3.05) is 12.4 Å². The molecular formula is C21H20N2O3. The van der Waals surface area contributed by atoms with E-state index >= 15 is 0 Å². The van der Waals surface area contributed by atoms with Gasteiger partial charge in [0.2, 0.25) is 0 Å². The van der Waals surface area contributed by atoms with Crippen molar-refractivity contribution >= 4 is 22.4 Å². The van der Waals surface area contributed by atoms with Crippen LogP contribution in [0.25, 0.3) is 10.8 Å². The highest BCUT2D eigenvalue weighted by molar-refractivity contribution is 5.82. The number of esters is 1. The van der Waals surface area contributed by atoms with E-state index in [4.69, 9.17) is 9.47 Å². The lowest BCUT2D eigenvalue weighted by Crippen LogP contribution is -2.32. The minimum Gasteiger partial charge on any atom is -0.476 e. The maximum atomic E-state index is 11.8. The molecule has 2 aromatic carbocycles. The maximum absolute atomic E-state index is 11.8. The van der Waals surface area contributed by atoms with Crippen LogP contribution in [-0.2, 0) is 22.5 Å². The average Bonchev–Trinajstić information content (AvgIpc) is 2.71. The van der Waals surface area contributed by atoms with Crippen molar-refractivity contribution in [3.8, 4) is 5.75 Å². The highest BCUT2D eigenvalue weighted by Crippen LogP contribution is 2.35. The van der Waals surface area contributed by atoms with E-state index in [-0.39, 0.29) is 5.97 Å². The highest BCUT2D eigenvalue weighted by atomic mass is 16.6. The molecule has 0 spiro atoms. The molecule has 1 N–H and O–H groups in total. The molecule has 0 saturated heterocycles. The lowest BCUT2D eigenvalue weighted by atomic mass is 10.0. The normalized spacial score (nSPS) is 15.8. The summed E-state index contributed by atoms with van der Waals surface area (Å²) >= 11 is 0. The molecule has 3 aromatic rings. The first kappa shape index (κ1) is 16.4. The molecule has 0 saturated carbocycles. The monoisotopic (exact) mass is 348 g/mol. The van der Waals surface area contributed by atoms with Crippen LogP contribution >= 0.6 is 0 Å². The number of para-hydroxylation sites is 1. The van der Waals surface area contributed by atoms with Crippen molar-refractivity contribution < 1.29 is 14.3 Å². The Balaban J connectivity index is 1.54. The molecule has 5 heteroatoms. The number of pyridine rings is 1. The van der Waals surface area contributed by atoms with Gasteiger partial charge in [0.1, 0.15) is 5.75 Å². The summed E-state index contributed by atoms with van der Waals surface area (Å²) in [6.45, 7) is 0.660. The van der Waals surface area contributed by atoms with Crippen LogP contribution in [-0.4, -0.2) is 24.2 Å². The number of rotatable bonds is 4. The molecule has 0 amide bonds. The first-order valence-electron chi connectivity index (χ1n) is 8.67. The Bertz CT molecular complexity index is 955. The molecule has 26 heavy (non-hydrogen) atoms. The molecule has 5 nitrogen and oxygen atoms in total. The number of fused-ring (bicyclic) bond motifs is 2. The van der Waals surface area contributed by atoms with Gasteiger partial charge in [-0.25, -0.2) is 4.79 Å². The van der Waals surface area contributed by atoms with Crippen LogP contribution in [0.2, 0.25) is 0 Å². The minimum absolute atomic E-state index is 0.326. The Hall–Kier alpha value is -3.08. The standard InChI is InChI=1S/C21H20N2O3/c1-25-21(24)19-8-7-16-3-2-4-18(20(16)26-19)23-12-14-5-6-15-9-10-22-13-17(15)11-14/h2-6,9-11,13,19,23H,7-8,12H2,1H3/t19-/m0/s1. The molecule has 1 atom stereocenters. The lowest BCUT2D eigenvalue weighted by Gasteiger charge is -2.26. The second-order valence-electron chi connectivity index (χ2n) is 6.37. The van der Waals surface area contributed by atoms with Gasteiger partial charge in [-0.15, -0.1) is 0 Å². The van der Waals surface area contributed by atoms with Crippen molar-refractivity contribution in [2.24, 2.45) is 0 Å². The smallest absolute Gasteiger partial charge is 0.347 e. The zero-order valence-corrected chi connectivity index (χ0v) is 14.6. The molecule has 0 aliphatic carbocycles. The van der Waals surface area contributed by atoms with Crippen LogP contribution in [0.15, 0.2) is 54.9 Å². The van der Waals surface area contributed by atoms with Gasteiger partial charge in [-0.1, -0.05) is 24.3 Å². The van der Waals surface area contributed by atoms with E-state index in [0.29, 0.717) is 13.0 Å². The number of hydrogen-bond acceptors (Lipinski definition) is 5. The van der Waals surface area contributed by atoms with Gasteiger partial charge in [-0.3, -0.25) is 4.98 Å². The first-order valence-corrected chi connectivity index (χ1v) is 8.67. The summed E-state index contributed by atoms with van der Waals surface area (Å²) in [6, 6.07) is 14.3. The van der Waals surface area contributed by atoms with E-state index in [2.05, 4.69) is 28.5 Å². The predicted molar refractivity (Wildman–Crippen MR) is 100 cm³/mol. The minimum atomic E-state index is -0.540. The Morgan fingerprint density at radius 1 is 1.27 bits per heavy atom. The van der Waals surface area contributed by atoms with E-state index in [0.717, 1.165) is 34.4 Å². The molecule has 0 unspecified atom stereocenters. The SMILES string of the molecule is COC(=O)[C@@H]1CCc2cccc(NCc3ccc4ccncc4c3)c2O1. The van der Waals surface area contributed by atoms with Crippen LogP contribution in [0.4, 0.5) is 5.69 Å².